The fourth-order valence-corrected chi connectivity index (χ4v) is 5.14. The van der Waals surface area contributed by atoms with Crippen LogP contribution in [0.3, 0.4) is 0 Å². The van der Waals surface area contributed by atoms with Gasteiger partial charge in [0.15, 0.2) is 4.90 Å². The molecule has 36 heavy (non-hydrogen) atoms. The summed E-state index contributed by atoms with van der Waals surface area (Å²) in [6, 6.07) is 10.7. The number of sulfonamides is 1. The van der Waals surface area contributed by atoms with E-state index in [4.69, 9.17) is 21.6 Å². The fourth-order valence-electron chi connectivity index (χ4n) is 3.30. The molecule has 0 aromatic heterocycles. The number of ether oxygens (including phenoxy) is 1. The molecule has 0 saturated heterocycles. The quantitative estimate of drug-likeness (QED) is 0.192. The van der Waals surface area contributed by atoms with Gasteiger partial charge in [-0.25, -0.2) is 8.42 Å². The summed E-state index contributed by atoms with van der Waals surface area (Å²) in [5.41, 5.74) is -0.647. The standard InChI is InChI=1S/C24H27ClN4O6S/c1-5-12-28(36(33,34)22-9-7-6-8-21(22)29(31)32)16-19(14-23(30)35-24(2,3)4)27-18-11-10-17(15-26)20(25)13-18/h5-11,13,19,27H,1,12,14,16H2,2-4H3/t19-/m0/s1. The van der Waals surface area contributed by atoms with E-state index in [0.29, 0.717) is 5.69 Å². The molecule has 0 aliphatic rings. The van der Waals surface area contributed by atoms with E-state index in [9.17, 15) is 23.3 Å². The van der Waals surface area contributed by atoms with Crippen LogP contribution < -0.4 is 5.32 Å². The van der Waals surface area contributed by atoms with E-state index in [1.807, 2.05) is 6.07 Å². The second-order valence-corrected chi connectivity index (χ2v) is 11.1. The Hall–Kier alpha value is -3.46. The summed E-state index contributed by atoms with van der Waals surface area (Å²) in [5.74, 6) is -0.582. The summed E-state index contributed by atoms with van der Waals surface area (Å²) in [6.07, 6.45) is 1.12. The van der Waals surface area contributed by atoms with Crippen LogP contribution in [0.15, 0.2) is 60.0 Å². The first-order valence-corrected chi connectivity index (χ1v) is 12.6. The van der Waals surface area contributed by atoms with Crippen molar-refractivity contribution < 1.29 is 22.9 Å². The van der Waals surface area contributed by atoms with Gasteiger partial charge in [-0.15, -0.1) is 6.58 Å². The number of halogens is 1. The van der Waals surface area contributed by atoms with Gasteiger partial charge in [0.25, 0.3) is 5.69 Å². The molecule has 2 rings (SSSR count). The number of esters is 1. The Balaban J connectivity index is 2.45. The smallest absolute Gasteiger partial charge is 0.308 e. The molecule has 0 radical (unpaired) electrons. The lowest BCUT2D eigenvalue weighted by Gasteiger charge is -2.28. The lowest BCUT2D eigenvalue weighted by molar-refractivity contribution is -0.387. The third-order valence-electron chi connectivity index (χ3n) is 4.73. The Kier molecular flexibility index (Phi) is 9.58. The second-order valence-electron chi connectivity index (χ2n) is 8.77. The van der Waals surface area contributed by atoms with E-state index in [1.165, 1.54) is 30.3 Å². The molecule has 1 atom stereocenters. The molecular weight excluding hydrogens is 508 g/mol. The van der Waals surface area contributed by atoms with Crippen LogP contribution in [0.5, 0.6) is 0 Å². The molecule has 2 aromatic rings. The van der Waals surface area contributed by atoms with Crippen molar-refractivity contribution in [3.05, 3.63) is 75.8 Å². The van der Waals surface area contributed by atoms with Gasteiger partial charge in [-0.3, -0.25) is 14.9 Å². The van der Waals surface area contributed by atoms with Gasteiger partial charge in [0, 0.05) is 24.8 Å². The number of hydrogen-bond acceptors (Lipinski definition) is 8. The first-order chi connectivity index (χ1) is 16.8. The molecule has 192 valence electrons. The van der Waals surface area contributed by atoms with Crippen LogP contribution in [0.1, 0.15) is 32.8 Å². The topological polar surface area (TPSA) is 143 Å². The molecule has 1 N–H and O–H groups in total. The maximum absolute atomic E-state index is 13.5. The molecular formula is C24H27ClN4O6S. The number of para-hydroxylation sites is 1. The Labute approximate surface area is 215 Å². The van der Waals surface area contributed by atoms with Gasteiger partial charge >= 0.3 is 5.97 Å². The highest BCUT2D eigenvalue weighted by molar-refractivity contribution is 7.89. The number of anilines is 1. The first-order valence-electron chi connectivity index (χ1n) is 10.8. The van der Waals surface area contributed by atoms with Crippen LogP contribution in [-0.2, 0) is 19.6 Å². The summed E-state index contributed by atoms with van der Waals surface area (Å²) in [6.45, 7) is 8.29. The van der Waals surface area contributed by atoms with E-state index in [0.717, 1.165) is 16.4 Å². The molecule has 12 heteroatoms. The van der Waals surface area contributed by atoms with Gasteiger partial charge < -0.3 is 10.1 Å². The summed E-state index contributed by atoms with van der Waals surface area (Å²) in [7, 11) is -4.36. The zero-order valence-corrected chi connectivity index (χ0v) is 21.7. The van der Waals surface area contributed by atoms with Crippen molar-refractivity contribution in [2.45, 2.75) is 43.7 Å². The zero-order valence-electron chi connectivity index (χ0n) is 20.1. The highest BCUT2D eigenvalue weighted by Crippen LogP contribution is 2.28. The van der Waals surface area contributed by atoms with Crippen LogP contribution in [0.4, 0.5) is 11.4 Å². The molecule has 0 amide bonds. The number of nitriles is 1. The maximum atomic E-state index is 13.5. The molecule has 0 aliphatic carbocycles. The Bertz CT molecular complexity index is 1280. The van der Waals surface area contributed by atoms with E-state index >= 15 is 0 Å². The predicted molar refractivity (Wildman–Crippen MR) is 136 cm³/mol. The summed E-state index contributed by atoms with van der Waals surface area (Å²) < 4.78 is 33.3. The average Bonchev–Trinajstić information content (AvgIpc) is 2.77. The number of benzene rings is 2. The number of nitrogens with one attached hydrogen (secondary N) is 1. The zero-order chi connectivity index (χ0) is 27.1. The number of nitro groups is 1. The number of carbonyl (C=O) groups excluding carboxylic acids is 1. The van der Waals surface area contributed by atoms with Crippen molar-refractivity contribution in [2.24, 2.45) is 0 Å². The molecule has 0 fully saturated rings. The minimum atomic E-state index is -4.36. The van der Waals surface area contributed by atoms with Crippen LogP contribution in [0, 0.1) is 21.4 Å². The Morgan fingerprint density at radius 1 is 1.33 bits per heavy atom. The van der Waals surface area contributed by atoms with Crippen molar-refractivity contribution in [2.75, 3.05) is 18.4 Å². The van der Waals surface area contributed by atoms with Crippen LogP contribution in [0.2, 0.25) is 5.02 Å². The first kappa shape index (κ1) is 28.8. The molecule has 2 aromatic carbocycles. The summed E-state index contributed by atoms with van der Waals surface area (Å²) in [5, 5.41) is 23.8. The molecule has 0 saturated carbocycles. The third kappa shape index (κ3) is 7.78. The number of nitro benzene ring substituents is 1. The van der Waals surface area contributed by atoms with Crippen LogP contribution in [0.25, 0.3) is 0 Å². The minimum Gasteiger partial charge on any atom is -0.460 e. The minimum absolute atomic E-state index is 0.172. The molecule has 0 spiro atoms. The highest BCUT2D eigenvalue weighted by atomic mass is 35.5. The fraction of sp³-hybridized carbons (Fsp3) is 0.333. The molecule has 0 heterocycles. The maximum Gasteiger partial charge on any atom is 0.308 e. The SMILES string of the molecule is C=CCN(C[C@H](CC(=O)OC(C)(C)C)Nc1ccc(C#N)c(Cl)c1)S(=O)(=O)c1ccccc1[N+](=O)[O-]. The van der Waals surface area contributed by atoms with E-state index in [1.54, 1.807) is 26.8 Å². The van der Waals surface area contributed by atoms with Gasteiger partial charge in [-0.2, -0.15) is 9.57 Å². The number of rotatable bonds is 11. The molecule has 0 bridgehead atoms. The summed E-state index contributed by atoms with van der Waals surface area (Å²) in [4.78, 5) is 22.8. The van der Waals surface area contributed by atoms with Gasteiger partial charge in [0.2, 0.25) is 10.0 Å². The number of carbonyl (C=O) groups is 1. The predicted octanol–water partition coefficient (Wildman–Crippen LogP) is 4.51. The monoisotopic (exact) mass is 534 g/mol. The average molecular weight is 535 g/mol. The van der Waals surface area contributed by atoms with Crippen molar-refractivity contribution >= 4 is 39.0 Å². The second kappa shape index (κ2) is 12.0. The number of hydrogen-bond donors (Lipinski definition) is 1. The highest BCUT2D eigenvalue weighted by Gasteiger charge is 2.33. The van der Waals surface area contributed by atoms with Crippen molar-refractivity contribution in [1.29, 1.82) is 5.26 Å². The van der Waals surface area contributed by atoms with Crippen LogP contribution in [-0.4, -0.2) is 48.3 Å². The van der Waals surface area contributed by atoms with Crippen molar-refractivity contribution in [3.8, 4) is 6.07 Å². The molecule has 10 nitrogen and oxygen atoms in total. The van der Waals surface area contributed by atoms with E-state index < -0.39 is 43.1 Å². The number of nitrogens with zero attached hydrogens (tertiary/aromatic N) is 3. The Morgan fingerprint density at radius 3 is 2.56 bits per heavy atom. The largest absolute Gasteiger partial charge is 0.460 e. The van der Waals surface area contributed by atoms with Crippen molar-refractivity contribution in [3.63, 3.8) is 0 Å². The molecule has 0 aliphatic heterocycles. The van der Waals surface area contributed by atoms with Gasteiger partial charge in [0.05, 0.1) is 28.0 Å². The van der Waals surface area contributed by atoms with E-state index in [-0.39, 0.29) is 30.1 Å². The third-order valence-corrected chi connectivity index (χ3v) is 6.92. The lowest BCUT2D eigenvalue weighted by atomic mass is 10.1. The van der Waals surface area contributed by atoms with Crippen molar-refractivity contribution in [1.82, 2.24) is 4.31 Å². The van der Waals surface area contributed by atoms with Crippen LogP contribution >= 0.6 is 11.6 Å². The molecule has 0 unspecified atom stereocenters. The van der Waals surface area contributed by atoms with Gasteiger partial charge in [-0.1, -0.05) is 29.8 Å². The summed E-state index contributed by atoms with van der Waals surface area (Å²) >= 11 is 6.12. The van der Waals surface area contributed by atoms with E-state index in [2.05, 4.69) is 11.9 Å². The Morgan fingerprint density at radius 2 is 2.00 bits per heavy atom. The normalized spacial score (nSPS) is 12.4. The lowest BCUT2D eigenvalue weighted by Crippen LogP contribution is -2.42. The van der Waals surface area contributed by atoms with Gasteiger partial charge in [-0.05, 0) is 45.0 Å². The van der Waals surface area contributed by atoms with Gasteiger partial charge in [0.1, 0.15) is 11.7 Å².